The summed E-state index contributed by atoms with van der Waals surface area (Å²) in [6, 6.07) is 2.81. The van der Waals surface area contributed by atoms with Crippen molar-refractivity contribution < 1.29 is 0 Å². The fraction of sp³-hybridized carbons (Fsp3) is 1.00. The molecule has 1 heteroatoms. The maximum absolute atomic E-state index is 3.28. The van der Waals surface area contributed by atoms with E-state index < -0.39 is 0 Å². The average molecular weight is 400 g/mol. The minimum absolute atomic E-state index is 0.928. The van der Waals surface area contributed by atoms with Crippen molar-refractivity contribution in [1.29, 1.82) is 0 Å². The van der Waals surface area contributed by atoms with E-state index in [9.17, 15) is 0 Å². The molecule has 0 amide bonds. The monoisotopic (exact) mass is 399 g/mol. The van der Waals surface area contributed by atoms with Crippen molar-refractivity contribution in [2.75, 3.05) is 0 Å². The van der Waals surface area contributed by atoms with Crippen LogP contribution in [-0.2, 0) is 0 Å². The second kappa shape index (κ2) is 9.22. The third-order valence-electron chi connectivity index (χ3n) is 10.6. The molecule has 5 atom stereocenters. The fourth-order valence-electron chi connectivity index (χ4n) is 9.04. The first-order chi connectivity index (χ1) is 14.2. The molecule has 5 fully saturated rings. The topological polar surface area (TPSA) is 3.24 Å². The summed E-state index contributed by atoms with van der Waals surface area (Å²) in [7, 11) is 0. The molecule has 5 unspecified atom stereocenters. The maximum atomic E-state index is 3.28. The van der Waals surface area contributed by atoms with Crippen molar-refractivity contribution in [3.05, 3.63) is 0 Å². The molecule has 5 aliphatic rings. The summed E-state index contributed by atoms with van der Waals surface area (Å²) in [5.74, 6) is 6.32. The number of hydrogen-bond acceptors (Lipinski definition) is 1. The largest absolute Gasteiger partial charge is 0.294 e. The number of fused-ring (bicyclic) bond motifs is 3. The molecular formula is C28H49N. The standard InChI is InChI=1S/C28H49N/c1-20-11-15-23(16-12-20)29(24-17-13-21(2)14-18-24)28-19-22-7-3-4-8-25(22)26-9-5-6-10-27(26)28/h20-28H,3-19H2,1-2H3. The van der Waals surface area contributed by atoms with Crippen molar-refractivity contribution in [1.82, 2.24) is 4.90 Å². The van der Waals surface area contributed by atoms with Gasteiger partial charge in [-0.1, -0.05) is 46.0 Å². The average Bonchev–Trinajstić information content (AvgIpc) is 2.76. The van der Waals surface area contributed by atoms with Crippen LogP contribution in [0.15, 0.2) is 0 Å². The Kier molecular flexibility index (Phi) is 6.62. The summed E-state index contributed by atoms with van der Waals surface area (Å²) in [6.45, 7) is 5.01. The summed E-state index contributed by atoms with van der Waals surface area (Å²) >= 11 is 0. The van der Waals surface area contributed by atoms with Gasteiger partial charge in [-0.15, -0.1) is 0 Å². The summed E-state index contributed by atoms with van der Waals surface area (Å²) in [5.41, 5.74) is 0. The van der Waals surface area contributed by atoms with Crippen molar-refractivity contribution in [3.63, 3.8) is 0 Å². The third kappa shape index (κ3) is 4.33. The summed E-state index contributed by atoms with van der Waals surface area (Å²) in [4.78, 5) is 3.28. The highest BCUT2D eigenvalue weighted by atomic mass is 15.2. The van der Waals surface area contributed by atoms with Crippen LogP contribution in [0.5, 0.6) is 0 Å². The zero-order chi connectivity index (χ0) is 19.8. The van der Waals surface area contributed by atoms with E-state index in [1.54, 1.807) is 44.9 Å². The molecule has 5 saturated carbocycles. The molecule has 0 bridgehead atoms. The van der Waals surface area contributed by atoms with Gasteiger partial charge in [-0.25, -0.2) is 0 Å². The zero-order valence-electron chi connectivity index (χ0n) is 19.7. The van der Waals surface area contributed by atoms with E-state index in [4.69, 9.17) is 0 Å². The van der Waals surface area contributed by atoms with E-state index in [1.807, 2.05) is 0 Å². The zero-order valence-corrected chi connectivity index (χ0v) is 19.7. The predicted octanol–water partition coefficient (Wildman–Crippen LogP) is 7.83. The smallest absolute Gasteiger partial charge is 0.0135 e. The van der Waals surface area contributed by atoms with Crippen molar-refractivity contribution >= 4 is 0 Å². The molecule has 0 saturated heterocycles. The number of rotatable bonds is 3. The Morgan fingerprint density at radius 1 is 0.483 bits per heavy atom. The van der Waals surface area contributed by atoms with E-state index in [1.165, 1.54) is 64.2 Å². The van der Waals surface area contributed by atoms with Crippen LogP contribution in [0, 0.1) is 35.5 Å². The van der Waals surface area contributed by atoms with Crippen molar-refractivity contribution in [2.45, 2.75) is 141 Å². The molecule has 0 aromatic heterocycles. The fourth-order valence-corrected chi connectivity index (χ4v) is 9.04. The van der Waals surface area contributed by atoms with Crippen LogP contribution >= 0.6 is 0 Å². The molecule has 0 heterocycles. The first kappa shape index (κ1) is 20.8. The highest BCUT2D eigenvalue weighted by Crippen LogP contribution is 2.54. The molecule has 0 radical (unpaired) electrons. The molecule has 5 rings (SSSR count). The van der Waals surface area contributed by atoms with Gasteiger partial charge in [0.2, 0.25) is 0 Å². The van der Waals surface area contributed by atoms with Gasteiger partial charge < -0.3 is 0 Å². The van der Waals surface area contributed by atoms with Gasteiger partial charge >= 0.3 is 0 Å². The molecule has 1 nitrogen and oxygen atoms in total. The lowest BCUT2D eigenvalue weighted by Gasteiger charge is -2.58. The van der Waals surface area contributed by atoms with Crippen LogP contribution in [0.3, 0.4) is 0 Å². The molecular weight excluding hydrogens is 350 g/mol. The molecule has 0 aliphatic heterocycles. The first-order valence-electron chi connectivity index (χ1n) is 14.0. The van der Waals surface area contributed by atoms with Gasteiger partial charge in [0.25, 0.3) is 0 Å². The van der Waals surface area contributed by atoms with Crippen molar-refractivity contribution in [3.8, 4) is 0 Å². The minimum atomic E-state index is 0.928. The molecule has 166 valence electrons. The van der Waals surface area contributed by atoms with Crippen LogP contribution in [0.25, 0.3) is 0 Å². The van der Waals surface area contributed by atoms with Gasteiger partial charge in [0, 0.05) is 18.1 Å². The summed E-state index contributed by atoms with van der Waals surface area (Å²) in [5, 5.41) is 0. The molecule has 0 spiro atoms. The number of nitrogens with zero attached hydrogens (tertiary/aromatic N) is 1. The lowest BCUT2D eigenvalue weighted by Crippen LogP contribution is -2.59. The van der Waals surface area contributed by atoms with E-state index in [0.717, 1.165) is 53.6 Å². The maximum Gasteiger partial charge on any atom is 0.0135 e. The van der Waals surface area contributed by atoms with Gasteiger partial charge in [-0.05, 0) is 113 Å². The molecule has 0 aromatic carbocycles. The molecule has 29 heavy (non-hydrogen) atoms. The highest BCUT2D eigenvalue weighted by Gasteiger charge is 2.49. The Labute approximate surface area is 181 Å². The normalized spacial score (nSPS) is 48.7. The minimum Gasteiger partial charge on any atom is -0.294 e. The van der Waals surface area contributed by atoms with Crippen LogP contribution in [0.4, 0.5) is 0 Å². The number of hydrogen-bond donors (Lipinski definition) is 0. The lowest BCUT2D eigenvalue weighted by molar-refractivity contribution is -0.0826. The Morgan fingerprint density at radius 3 is 1.55 bits per heavy atom. The second-order valence-corrected chi connectivity index (χ2v) is 12.4. The Hall–Kier alpha value is -0.0400. The van der Waals surface area contributed by atoms with Crippen LogP contribution in [0.1, 0.15) is 123 Å². The van der Waals surface area contributed by atoms with E-state index in [-0.39, 0.29) is 0 Å². The van der Waals surface area contributed by atoms with E-state index >= 15 is 0 Å². The van der Waals surface area contributed by atoms with Crippen LogP contribution in [0.2, 0.25) is 0 Å². The van der Waals surface area contributed by atoms with Crippen LogP contribution < -0.4 is 0 Å². The van der Waals surface area contributed by atoms with E-state index in [2.05, 4.69) is 18.7 Å². The quantitative estimate of drug-likeness (QED) is 0.467. The van der Waals surface area contributed by atoms with Crippen molar-refractivity contribution in [2.24, 2.45) is 35.5 Å². The van der Waals surface area contributed by atoms with Gasteiger partial charge in [-0.3, -0.25) is 4.90 Å². The van der Waals surface area contributed by atoms with Crippen LogP contribution in [-0.4, -0.2) is 23.0 Å². The van der Waals surface area contributed by atoms with Gasteiger partial charge in [-0.2, -0.15) is 0 Å². The van der Waals surface area contributed by atoms with E-state index in [0.29, 0.717) is 0 Å². The molecule has 5 aliphatic carbocycles. The third-order valence-corrected chi connectivity index (χ3v) is 10.6. The summed E-state index contributed by atoms with van der Waals surface area (Å²) < 4.78 is 0. The second-order valence-electron chi connectivity index (χ2n) is 12.4. The van der Waals surface area contributed by atoms with Gasteiger partial charge in [0.05, 0.1) is 0 Å². The highest BCUT2D eigenvalue weighted by molar-refractivity contribution is 5.02. The Morgan fingerprint density at radius 2 is 0.966 bits per heavy atom. The SMILES string of the molecule is CC1CCC(N(C2CCC(C)CC2)C2CC3CCCCC3C3CCCCC32)CC1. The Balaban J connectivity index is 1.41. The van der Waals surface area contributed by atoms with Gasteiger partial charge in [0.1, 0.15) is 0 Å². The molecule has 0 aromatic rings. The first-order valence-corrected chi connectivity index (χ1v) is 14.0. The Bertz CT molecular complexity index is 490. The summed E-state index contributed by atoms with van der Waals surface area (Å²) in [6.07, 6.45) is 26.1. The molecule has 0 N–H and O–H groups in total. The predicted molar refractivity (Wildman–Crippen MR) is 124 cm³/mol. The van der Waals surface area contributed by atoms with Gasteiger partial charge in [0.15, 0.2) is 0 Å². The lowest BCUT2D eigenvalue weighted by atomic mass is 9.55.